The third-order valence-corrected chi connectivity index (χ3v) is 2.61. The molecule has 22 heavy (non-hydrogen) atoms. The van der Waals surface area contributed by atoms with E-state index in [0.717, 1.165) is 12.1 Å². The van der Waals surface area contributed by atoms with Crippen molar-refractivity contribution in [1.82, 2.24) is 0 Å². The van der Waals surface area contributed by atoms with Gasteiger partial charge in [0.15, 0.2) is 0 Å². The van der Waals surface area contributed by atoms with E-state index in [1.54, 1.807) is 0 Å². The topological polar surface area (TPSA) is 127 Å². The summed E-state index contributed by atoms with van der Waals surface area (Å²) in [5.41, 5.74) is -1.96. The molecule has 0 atom stereocenters. The molecular weight excluding hydrogens is 296 g/mol. The summed E-state index contributed by atoms with van der Waals surface area (Å²) in [6.45, 7) is 3.08. The maximum atomic E-state index is 11.9. The SMILES string of the molecule is CCOC(=O)c1cc(C(=O)O)c(C(=O)O)cc1C(=O)OCC. The molecule has 0 radical (unpaired) electrons. The van der Waals surface area contributed by atoms with E-state index in [9.17, 15) is 19.2 Å². The Bertz CT molecular complexity index is 577. The normalized spacial score (nSPS) is 9.91. The number of carbonyl (C=O) groups excluding carboxylic acids is 2. The van der Waals surface area contributed by atoms with Gasteiger partial charge in [0.05, 0.1) is 35.5 Å². The fourth-order valence-electron chi connectivity index (χ4n) is 1.71. The lowest BCUT2D eigenvalue weighted by molar-refractivity contribution is 0.0477. The van der Waals surface area contributed by atoms with Crippen molar-refractivity contribution in [2.75, 3.05) is 13.2 Å². The third kappa shape index (κ3) is 3.60. The lowest BCUT2D eigenvalue weighted by atomic mass is 9.98. The lowest BCUT2D eigenvalue weighted by Gasteiger charge is -2.11. The van der Waals surface area contributed by atoms with Crippen LogP contribution in [-0.2, 0) is 9.47 Å². The average Bonchev–Trinajstić information content (AvgIpc) is 2.46. The smallest absolute Gasteiger partial charge is 0.339 e. The molecule has 0 spiro atoms. The Morgan fingerprint density at radius 2 is 1.09 bits per heavy atom. The monoisotopic (exact) mass is 310 g/mol. The van der Waals surface area contributed by atoms with Gasteiger partial charge in [-0.25, -0.2) is 19.2 Å². The number of carboxylic acid groups (broad SMARTS) is 2. The van der Waals surface area contributed by atoms with Crippen LogP contribution < -0.4 is 0 Å². The second-order valence-corrected chi connectivity index (χ2v) is 3.99. The molecule has 1 rings (SSSR count). The van der Waals surface area contributed by atoms with Crippen molar-refractivity contribution in [3.8, 4) is 0 Å². The molecule has 0 saturated heterocycles. The molecule has 0 saturated carbocycles. The molecule has 1 aromatic rings. The molecule has 8 nitrogen and oxygen atoms in total. The molecule has 2 N–H and O–H groups in total. The third-order valence-electron chi connectivity index (χ3n) is 2.61. The summed E-state index contributed by atoms with van der Waals surface area (Å²) < 4.78 is 9.49. The summed E-state index contributed by atoms with van der Waals surface area (Å²) in [5, 5.41) is 18.1. The molecule has 0 bridgehead atoms. The van der Waals surface area contributed by atoms with Gasteiger partial charge < -0.3 is 19.7 Å². The summed E-state index contributed by atoms with van der Waals surface area (Å²) in [5.74, 6) is -4.97. The molecule has 0 aliphatic heterocycles. The quantitative estimate of drug-likeness (QED) is 0.755. The van der Waals surface area contributed by atoms with Gasteiger partial charge >= 0.3 is 23.9 Å². The predicted octanol–water partition coefficient (Wildman–Crippen LogP) is 1.44. The molecule has 0 amide bonds. The minimum atomic E-state index is -1.54. The van der Waals surface area contributed by atoms with Crippen molar-refractivity contribution in [1.29, 1.82) is 0 Å². The fraction of sp³-hybridized carbons (Fsp3) is 0.286. The van der Waals surface area contributed by atoms with Crippen LogP contribution in [-0.4, -0.2) is 47.3 Å². The minimum absolute atomic E-state index is 0.00415. The molecule has 0 unspecified atom stereocenters. The first kappa shape index (κ1) is 17.2. The van der Waals surface area contributed by atoms with Crippen molar-refractivity contribution in [3.63, 3.8) is 0 Å². The van der Waals surface area contributed by atoms with E-state index in [1.807, 2.05) is 0 Å². The first-order valence-corrected chi connectivity index (χ1v) is 6.32. The maximum absolute atomic E-state index is 11.9. The van der Waals surface area contributed by atoms with Crippen LogP contribution in [0.3, 0.4) is 0 Å². The highest BCUT2D eigenvalue weighted by atomic mass is 16.5. The van der Waals surface area contributed by atoms with Gasteiger partial charge in [-0.1, -0.05) is 0 Å². The van der Waals surface area contributed by atoms with Crippen LogP contribution in [0.2, 0.25) is 0 Å². The molecule has 0 fully saturated rings. The zero-order valence-corrected chi connectivity index (χ0v) is 11.9. The van der Waals surface area contributed by atoms with Crippen molar-refractivity contribution in [2.24, 2.45) is 0 Å². The number of benzene rings is 1. The zero-order chi connectivity index (χ0) is 16.9. The Balaban J connectivity index is 3.59. The molecule has 0 aliphatic rings. The van der Waals surface area contributed by atoms with E-state index in [-0.39, 0.29) is 24.3 Å². The highest BCUT2D eigenvalue weighted by Crippen LogP contribution is 2.20. The largest absolute Gasteiger partial charge is 0.478 e. The summed E-state index contributed by atoms with van der Waals surface area (Å²) in [6.07, 6.45) is 0. The van der Waals surface area contributed by atoms with E-state index >= 15 is 0 Å². The number of carboxylic acids is 2. The number of hydrogen-bond donors (Lipinski definition) is 2. The summed E-state index contributed by atoms with van der Waals surface area (Å²) in [6, 6.07) is 1.60. The Morgan fingerprint density at radius 1 is 0.773 bits per heavy atom. The Hall–Kier alpha value is -2.90. The average molecular weight is 310 g/mol. The lowest BCUT2D eigenvalue weighted by Crippen LogP contribution is -2.18. The van der Waals surface area contributed by atoms with Gasteiger partial charge in [0.25, 0.3) is 0 Å². The number of carbonyl (C=O) groups is 4. The minimum Gasteiger partial charge on any atom is -0.478 e. The van der Waals surface area contributed by atoms with Crippen LogP contribution >= 0.6 is 0 Å². The number of rotatable bonds is 6. The zero-order valence-electron chi connectivity index (χ0n) is 11.9. The molecule has 0 aromatic heterocycles. The number of ether oxygens (including phenoxy) is 2. The molecule has 118 valence electrons. The number of esters is 2. The van der Waals surface area contributed by atoms with Crippen LogP contribution in [0.1, 0.15) is 55.3 Å². The van der Waals surface area contributed by atoms with Gasteiger partial charge in [0, 0.05) is 0 Å². The predicted molar refractivity (Wildman–Crippen MR) is 72.3 cm³/mol. The summed E-state index contributed by atoms with van der Waals surface area (Å²) >= 11 is 0. The Morgan fingerprint density at radius 3 is 1.32 bits per heavy atom. The van der Waals surface area contributed by atoms with Crippen molar-refractivity contribution >= 4 is 23.9 Å². The van der Waals surface area contributed by atoms with Crippen molar-refractivity contribution in [3.05, 3.63) is 34.4 Å². The molecule has 1 aromatic carbocycles. The van der Waals surface area contributed by atoms with Gasteiger partial charge in [0.1, 0.15) is 0 Å². The second-order valence-electron chi connectivity index (χ2n) is 3.99. The summed E-state index contributed by atoms with van der Waals surface area (Å²) in [4.78, 5) is 46.0. The summed E-state index contributed by atoms with van der Waals surface area (Å²) in [7, 11) is 0. The molecule has 0 aliphatic carbocycles. The van der Waals surface area contributed by atoms with Crippen molar-refractivity contribution in [2.45, 2.75) is 13.8 Å². The van der Waals surface area contributed by atoms with Crippen molar-refractivity contribution < 1.29 is 38.9 Å². The van der Waals surface area contributed by atoms with Gasteiger partial charge in [0.2, 0.25) is 0 Å². The standard InChI is InChI=1S/C14H14O8/c1-3-21-13(19)9-5-7(11(15)16)8(12(17)18)6-10(9)14(20)22-4-2/h5-6H,3-4H2,1-2H3,(H,15,16)(H,17,18). The van der Waals surface area contributed by atoms with E-state index in [0.29, 0.717) is 0 Å². The van der Waals surface area contributed by atoms with E-state index in [1.165, 1.54) is 13.8 Å². The molecule has 8 heteroatoms. The van der Waals surface area contributed by atoms with Gasteiger partial charge in [-0.05, 0) is 26.0 Å². The molecule has 0 heterocycles. The second kappa shape index (κ2) is 7.21. The van der Waals surface area contributed by atoms with E-state index < -0.39 is 35.0 Å². The first-order chi connectivity index (χ1) is 10.3. The maximum Gasteiger partial charge on any atom is 0.339 e. The number of hydrogen-bond acceptors (Lipinski definition) is 6. The van der Waals surface area contributed by atoms with Gasteiger partial charge in [-0.3, -0.25) is 0 Å². The van der Waals surface area contributed by atoms with Gasteiger partial charge in [-0.15, -0.1) is 0 Å². The first-order valence-electron chi connectivity index (χ1n) is 6.32. The molecular formula is C14H14O8. The fourth-order valence-corrected chi connectivity index (χ4v) is 1.71. The number of aromatic carboxylic acids is 2. The Labute approximate surface area is 125 Å². The van der Waals surface area contributed by atoms with Gasteiger partial charge in [-0.2, -0.15) is 0 Å². The highest BCUT2D eigenvalue weighted by Gasteiger charge is 2.26. The van der Waals surface area contributed by atoms with E-state index in [4.69, 9.17) is 19.7 Å². The van der Waals surface area contributed by atoms with E-state index in [2.05, 4.69) is 0 Å². The highest BCUT2D eigenvalue weighted by molar-refractivity contribution is 6.09. The Kier molecular flexibility index (Phi) is 5.62. The van der Waals surface area contributed by atoms with Crippen LogP contribution in [0.5, 0.6) is 0 Å². The van der Waals surface area contributed by atoms with Crippen LogP contribution in [0.25, 0.3) is 0 Å². The van der Waals surface area contributed by atoms with Crippen LogP contribution in [0, 0.1) is 0 Å². The van der Waals surface area contributed by atoms with Crippen LogP contribution in [0.4, 0.5) is 0 Å². The van der Waals surface area contributed by atoms with Crippen LogP contribution in [0.15, 0.2) is 12.1 Å².